The van der Waals surface area contributed by atoms with Crippen molar-refractivity contribution in [3.05, 3.63) is 71.8 Å². The molecule has 0 radical (unpaired) electrons. The normalized spacial score (nSPS) is 14.0. The lowest BCUT2D eigenvalue weighted by atomic mass is 9.97. The Hall–Kier alpha value is -1.31. The molecule has 0 bridgehead atoms. The van der Waals surface area contributed by atoms with Crippen molar-refractivity contribution in [2.75, 3.05) is 6.54 Å². The van der Waals surface area contributed by atoms with E-state index in [0.29, 0.717) is 0 Å². The largest absolute Gasteiger partial charge is 0.313 e. The van der Waals surface area contributed by atoms with E-state index in [9.17, 15) is 0 Å². The molecule has 2 aromatic carbocycles. The predicted octanol–water partition coefficient (Wildman–Crippen LogP) is 4.32. The van der Waals surface area contributed by atoms with Gasteiger partial charge in [0.2, 0.25) is 0 Å². The molecule has 1 nitrogen and oxygen atoms in total. The van der Waals surface area contributed by atoms with Crippen LogP contribution in [0.5, 0.6) is 0 Å². The van der Waals surface area contributed by atoms with E-state index in [1.54, 1.807) is 0 Å². The monoisotopic (exact) mass is 273 g/mol. The summed E-state index contributed by atoms with van der Waals surface area (Å²) in [7, 11) is 0. The van der Waals surface area contributed by atoms with Crippen LogP contribution in [0.4, 0.5) is 0 Å². The van der Waals surface area contributed by atoms with Gasteiger partial charge in [0.1, 0.15) is 0 Å². The highest BCUT2D eigenvalue weighted by atomic mass is 35.5. The lowest BCUT2D eigenvalue weighted by Gasteiger charge is -2.22. The molecule has 0 aliphatic heterocycles. The Balaban J connectivity index is 1.79. The SMILES string of the molecule is CC(Cl)(CCNCc1ccccc1)c1ccccc1. The fourth-order valence-electron chi connectivity index (χ4n) is 2.08. The molecule has 0 amide bonds. The maximum absolute atomic E-state index is 6.60. The van der Waals surface area contributed by atoms with E-state index in [1.165, 1.54) is 11.1 Å². The summed E-state index contributed by atoms with van der Waals surface area (Å²) in [5.41, 5.74) is 2.48. The zero-order valence-electron chi connectivity index (χ0n) is 11.3. The summed E-state index contributed by atoms with van der Waals surface area (Å²) in [6.45, 7) is 3.88. The molecule has 0 saturated heterocycles. The van der Waals surface area contributed by atoms with Crippen molar-refractivity contribution in [1.82, 2.24) is 5.32 Å². The van der Waals surface area contributed by atoms with Crippen LogP contribution in [0.3, 0.4) is 0 Å². The minimum absolute atomic E-state index is 0.301. The zero-order valence-corrected chi connectivity index (χ0v) is 12.0. The standard InChI is InChI=1S/C17H20ClN/c1-17(18,16-10-6-3-7-11-16)12-13-19-14-15-8-4-2-5-9-15/h2-11,19H,12-14H2,1H3. The Morgan fingerprint density at radius 3 is 2.16 bits per heavy atom. The Kier molecular flexibility index (Phi) is 5.00. The molecule has 0 spiro atoms. The molecule has 2 rings (SSSR count). The van der Waals surface area contributed by atoms with Crippen molar-refractivity contribution in [1.29, 1.82) is 0 Å². The van der Waals surface area contributed by atoms with Gasteiger partial charge >= 0.3 is 0 Å². The van der Waals surface area contributed by atoms with Gasteiger partial charge in [-0.15, -0.1) is 11.6 Å². The van der Waals surface area contributed by atoms with Gasteiger partial charge < -0.3 is 5.32 Å². The number of halogens is 1. The van der Waals surface area contributed by atoms with Gasteiger partial charge in [-0.1, -0.05) is 60.7 Å². The Morgan fingerprint density at radius 1 is 0.947 bits per heavy atom. The molecule has 19 heavy (non-hydrogen) atoms. The van der Waals surface area contributed by atoms with E-state index >= 15 is 0 Å². The highest BCUT2D eigenvalue weighted by Crippen LogP contribution is 2.31. The van der Waals surface area contributed by atoms with E-state index in [4.69, 9.17) is 11.6 Å². The molecule has 2 heteroatoms. The van der Waals surface area contributed by atoms with Crippen LogP contribution in [-0.2, 0) is 11.4 Å². The molecule has 0 aliphatic carbocycles. The number of hydrogen-bond acceptors (Lipinski definition) is 1. The van der Waals surface area contributed by atoms with Crippen LogP contribution in [0.15, 0.2) is 60.7 Å². The second kappa shape index (κ2) is 6.74. The molecule has 0 aliphatic rings. The van der Waals surface area contributed by atoms with Crippen molar-refractivity contribution in [2.45, 2.75) is 24.8 Å². The third-order valence-corrected chi connectivity index (χ3v) is 3.73. The van der Waals surface area contributed by atoms with Crippen molar-refractivity contribution < 1.29 is 0 Å². The quantitative estimate of drug-likeness (QED) is 0.610. The number of nitrogens with one attached hydrogen (secondary N) is 1. The van der Waals surface area contributed by atoms with Gasteiger partial charge in [0.05, 0.1) is 4.87 Å². The van der Waals surface area contributed by atoms with E-state index in [-0.39, 0.29) is 4.87 Å². The van der Waals surface area contributed by atoms with Gasteiger partial charge in [0.15, 0.2) is 0 Å². The Bertz CT molecular complexity index is 479. The summed E-state index contributed by atoms with van der Waals surface area (Å²) >= 11 is 6.60. The van der Waals surface area contributed by atoms with Crippen molar-refractivity contribution in [2.24, 2.45) is 0 Å². The third kappa shape index (κ3) is 4.38. The fraction of sp³-hybridized carbons (Fsp3) is 0.294. The molecule has 0 heterocycles. The maximum atomic E-state index is 6.60. The smallest absolute Gasteiger partial charge is 0.0678 e. The number of rotatable bonds is 6. The average molecular weight is 274 g/mol. The van der Waals surface area contributed by atoms with Crippen LogP contribution < -0.4 is 5.32 Å². The predicted molar refractivity (Wildman–Crippen MR) is 82.4 cm³/mol. The molecular weight excluding hydrogens is 254 g/mol. The zero-order chi connectivity index (χ0) is 13.6. The van der Waals surface area contributed by atoms with Crippen LogP contribution >= 0.6 is 11.6 Å². The second-order valence-electron chi connectivity index (χ2n) is 4.98. The summed E-state index contributed by atoms with van der Waals surface area (Å²) in [6, 6.07) is 20.7. The first-order chi connectivity index (χ1) is 9.18. The maximum Gasteiger partial charge on any atom is 0.0678 e. The van der Waals surface area contributed by atoms with Crippen LogP contribution in [-0.4, -0.2) is 6.54 Å². The van der Waals surface area contributed by atoms with Crippen LogP contribution in [0.1, 0.15) is 24.5 Å². The summed E-state index contributed by atoms with van der Waals surface area (Å²) in [5.74, 6) is 0. The minimum Gasteiger partial charge on any atom is -0.313 e. The fourth-order valence-corrected chi connectivity index (χ4v) is 2.30. The molecule has 2 aromatic rings. The number of hydrogen-bond donors (Lipinski definition) is 1. The number of benzene rings is 2. The topological polar surface area (TPSA) is 12.0 Å². The van der Waals surface area contributed by atoms with Gasteiger partial charge in [0.25, 0.3) is 0 Å². The average Bonchev–Trinajstić information content (AvgIpc) is 2.46. The molecular formula is C17H20ClN. The lowest BCUT2D eigenvalue weighted by molar-refractivity contribution is 0.552. The van der Waals surface area contributed by atoms with Crippen LogP contribution in [0.25, 0.3) is 0 Å². The first-order valence-electron chi connectivity index (χ1n) is 6.67. The van der Waals surface area contributed by atoms with E-state index < -0.39 is 0 Å². The summed E-state index contributed by atoms with van der Waals surface area (Å²) < 4.78 is 0. The minimum atomic E-state index is -0.301. The first kappa shape index (κ1) is 14.1. The second-order valence-corrected chi connectivity index (χ2v) is 5.81. The van der Waals surface area contributed by atoms with E-state index in [1.807, 2.05) is 24.3 Å². The van der Waals surface area contributed by atoms with Crippen LogP contribution in [0, 0.1) is 0 Å². The Morgan fingerprint density at radius 2 is 1.53 bits per heavy atom. The Labute approximate surface area is 120 Å². The molecule has 1 N–H and O–H groups in total. The molecule has 0 aromatic heterocycles. The molecule has 1 unspecified atom stereocenters. The van der Waals surface area contributed by atoms with Crippen LogP contribution in [0.2, 0.25) is 0 Å². The van der Waals surface area contributed by atoms with Gasteiger partial charge in [-0.3, -0.25) is 0 Å². The van der Waals surface area contributed by atoms with E-state index in [0.717, 1.165) is 19.5 Å². The molecule has 1 atom stereocenters. The van der Waals surface area contributed by atoms with Gasteiger partial charge in [0, 0.05) is 6.54 Å². The van der Waals surface area contributed by atoms with Gasteiger partial charge in [-0.2, -0.15) is 0 Å². The van der Waals surface area contributed by atoms with Crippen molar-refractivity contribution in [3.8, 4) is 0 Å². The van der Waals surface area contributed by atoms with Gasteiger partial charge in [-0.05, 0) is 31.0 Å². The summed E-state index contributed by atoms with van der Waals surface area (Å²) in [4.78, 5) is -0.301. The highest BCUT2D eigenvalue weighted by Gasteiger charge is 2.22. The summed E-state index contributed by atoms with van der Waals surface area (Å²) in [5, 5.41) is 3.44. The van der Waals surface area contributed by atoms with Crippen molar-refractivity contribution >= 4 is 11.6 Å². The van der Waals surface area contributed by atoms with Gasteiger partial charge in [-0.25, -0.2) is 0 Å². The van der Waals surface area contributed by atoms with E-state index in [2.05, 4.69) is 48.6 Å². The lowest BCUT2D eigenvalue weighted by Crippen LogP contribution is -2.23. The molecule has 0 fully saturated rings. The first-order valence-corrected chi connectivity index (χ1v) is 7.05. The van der Waals surface area contributed by atoms with Crippen molar-refractivity contribution in [3.63, 3.8) is 0 Å². The molecule has 0 saturated carbocycles. The molecule has 100 valence electrons. The highest BCUT2D eigenvalue weighted by molar-refractivity contribution is 6.23. The number of alkyl halides is 1. The summed E-state index contributed by atoms with van der Waals surface area (Å²) in [6.07, 6.45) is 0.908. The third-order valence-electron chi connectivity index (χ3n) is 3.32.